The average molecular weight is 352 g/mol. The van der Waals surface area contributed by atoms with Crippen LogP contribution in [-0.4, -0.2) is 19.5 Å². The van der Waals surface area contributed by atoms with E-state index in [9.17, 15) is 4.79 Å². The van der Waals surface area contributed by atoms with E-state index in [0.717, 1.165) is 39.8 Å². The summed E-state index contributed by atoms with van der Waals surface area (Å²) < 4.78 is 1.71. The van der Waals surface area contributed by atoms with Crippen molar-refractivity contribution in [3.05, 3.63) is 94.4 Å². The van der Waals surface area contributed by atoms with Gasteiger partial charge in [-0.3, -0.25) is 19.3 Å². The fourth-order valence-electron chi connectivity index (χ4n) is 3.48. The molecule has 0 saturated carbocycles. The molecule has 0 spiro atoms. The number of hydrogen-bond donors (Lipinski definition) is 0. The van der Waals surface area contributed by atoms with Crippen molar-refractivity contribution in [2.75, 3.05) is 0 Å². The van der Waals surface area contributed by atoms with E-state index >= 15 is 0 Å². The molecule has 4 aromatic rings. The molecule has 3 aromatic heterocycles. The van der Waals surface area contributed by atoms with Crippen LogP contribution in [0.15, 0.2) is 72.1 Å². The molecular formula is C22H16N4O. The fraction of sp³-hybridized carbons (Fsp3) is 0.0909. The van der Waals surface area contributed by atoms with Gasteiger partial charge in [-0.05, 0) is 34.9 Å². The van der Waals surface area contributed by atoms with Crippen LogP contribution in [0.1, 0.15) is 16.8 Å². The average Bonchev–Trinajstić information content (AvgIpc) is 3.18. The van der Waals surface area contributed by atoms with Crippen LogP contribution in [0.2, 0.25) is 0 Å². The van der Waals surface area contributed by atoms with E-state index in [4.69, 9.17) is 0 Å². The largest absolute Gasteiger partial charge is 0.300 e. The number of pyridine rings is 2. The van der Waals surface area contributed by atoms with Crippen molar-refractivity contribution in [3.63, 3.8) is 0 Å². The van der Waals surface area contributed by atoms with Crippen molar-refractivity contribution >= 4 is 17.1 Å². The van der Waals surface area contributed by atoms with Gasteiger partial charge in [-0.15, -0.1) is 0 Å². The van der Waals surface area contributed by atoms with E-state index in [0.29, 0.717) is 6.54 Å². The normalized spacial score (nSPS) is 12.4. The molecule has 0 unspecified atom stereocenters. The van der Waals surface area contributed by atoms with E-state index in [1.165, 1.54) is 11.8 Å². The lowest BCUT2D eigenvalue weighted by atomic mass is 10.0. The molecule has 0 atom stereocenters. The van der Waals surface area contributed by atoms with Crippen molar-refractivity contribution in [3.8, 4) is 11.1 Å². The standard InChI is InChI=1S/C22H16N4O/c27-22-13-25-20-7-8-23-12-21(20)26(22)14-15-3-1-4-16(9-15)18-10-17-5-2-6-19(17)24-11-18/h1-5,7-13H,6,14H2. The number of benzene rings is 1. The van der Waals surface area contributed by atoms with E-state index in [1.54, 1.807) is 17.0 Å². The zero-order chi connectivity index (χ0) is 18.2. The first-order valence-electron chi connectivity index (χ1n) is 8.82. The zero-order valence-electron chi connectivity index (χ0n) is 14.5. The number of aromatic nitrogens is 4. The smallest absolute Gasteiger partial charge is 0.269 e. The number of rotatable bonds is 3. The second-order valence-electron chi connectivity index (χ2n) is 6.61. The Morgan fingerprint density at radius 2 is 1.96 bits per heavy atom. The van der Waals surface area contributed by atoms with Gasteiger partial charge in [-0.2, -0.15) is 0 Å². The SMILES string of the molecule is O=c1cnc2ccncc2n1Cc1cccc(-c2cnc3c(c2)C=CC3)c1. The first kappa shape index (κ1) is 15.6. The number of fused-ring (bicyclic) bond motifs is 2. The van der Waals surface area contributed by atoms with Crippen LogP contribution in [0.4, 0.5) is 0 Å². The maximum absolute atomic E-state index is 12.4. The van der Waals surface area contributed by atoms with E-state index in [1.807, 2.05) is 24.4 Å². The monoisotopic (exact) mass is 352 g/mol. The Kier molecular flexibility index (Phi) is 3.64. The summed E-state index contributed by atoms with van der Waals surface area (Å²) in [6, 6.07) is 12.2. The molecule has 5 heteroatoms. The maximum atomic E-state index is 12.4. The van der Waals surface area contributed by atoms with Gasteiger partial charge >= 0.3 is 0 Å². The topological polar surface area (TPSA) is 60.7 Å². The highest BCUT2D eigenvalue weighted by atomic mass is 16.1. The predicted molar refractivity (Wildman–Crippen MR) is 105 cm³/mol. The van der Waals surface area contributed by atoms with Crippen LogP contribution in [0.25, 0.3) is 28.2 Å². The first-order valence-corrected chi connectivity index (χ1v) is 8.82. The Labute approximate surface area is 155 Å². The second kappa shape index (κ2) is 6.29. The third-order valence-electron chi connectivity index (χ3n) is 4.86. The third kappa shape index (κ3) is 2.83. The van der Waals surface area contributed by atoms with Gasteiger partial charge in [0.15, 0.2) is 0 Å². The molecule has 0 aliphatic heterocycles. The molecular weight excluding hydrogens is 336 g/mol. The number of nitrogens with zero attached hydrogens (tertiary/aromatic N) is 4. The highest BCUT2D eigenvalue weighted by Gasteiger charge is 2.10. The lowest BCUT2D eigenvalue weighted by Gasteiger charge is -2.11. The van der Waals surface area contributed by atoms with Gasteiger partial charge in [-0.25, -0.2) is 4.98 Å². The van der Waals surface area contributed by atoms with Gasteiger partial charge in [0.2, 0.25) is 0 Å². The highest BCUT2D eigenvalue weighted by Crippen LogP contribution is 2.26. The summed E-state index contributed by atoms with van der Waals surface area (Å²) in [6.45, 7) is 0.468. The van der Waals surface area contributed by atoms with Crippen molar-refractivity contribution in [2.45, 2.75) is 13.0 Å². The molecule has 130 valence electrons. The van der Waals surface area contributed by atoms with Crippen LogP contribution in [0, 0.1) is 0 Å². The minimum atomic E-state index is -0.134. The van der Waals surface area contributed by atoms with Gasteiger partial charge in [0.25, 0.3) is 5.56 Å². The first-order chi connectivity index (χ1) is 13.3. The van der Waals surface area contributed by atoms with Crippen LogP contribution in [0.5, 0.6) is 0 Å². The van der Waals surface area contributed by atoms with Gasteiger partial charge in [0.1, 0.15) is 0 Å². The lowest BCUT2D eigenvalue weighted by Crippen LogP contribution is -2.21. The van der Waals surface area contributed by atoms with Crippen LogP contribution in [0.3, 0.4) is 0 Å². The summed E-state index contributed by atoms with van der Waals surface area (Å²) in [5.74, 6) is 0. The molecule has 0 amide bonds. The molecule has 27 heavy (non-hydrogen) atoms. The molecule has 1 aliphatic carbocycles. The molecule has 0 bridgehead atoms. The summed E-state index contributed by atoms with van der Waals surface area (Å²) in [4.78, 5) is 25.3. The van der Waals surface area contributed by atoms with E-state index < -0.39 is 0 Å². The molecule has 3 heterocycles. The Bertz CT molecular complexity index is 1260. The summed E-state index contributed by atoms with van der Waals surface area (Å²) in [6.07, 6.45) is 11.8. The summed E-state index contributed by atoms with van der Waals surface area (Å²) in [5, 5.41) is 0. The molecule has 0 radical (unpaired) electrons. The maximum Gasteiger partial charge on any atom is 0.269 e. The molecule has 0 saturated heterocycles. The Hall–Kier alpha value is -3.60. The lowest BCUT2D eigenvalue weighted by molar-refractivity contribution is 0.785. The molecule has 1 aliphatic rings. The van der Waals surface area contributed by atoms with Crippen LogP contribution >= 0.6 is 0 Å². The van der Waals surface area contributed by atoms with Gasteiger partial charge < -0.3 is 0 Å². The Balaban J connectivity index is 1.55. The van der Waals surface area contributed by atoms with Crippen molar-refractivity contribution < 1.29 is 0 Å². The zero-order valence-corrected chi connectivity index (χ0v) is 14.5. The number of hydrogen-bond acceptors (Lipinski definition) is 4. The van der Waals surface area contributed by atoms with Gasteiger partial charge in [0.05, 0.1) is 35.7 Å². The molecule has 0 N–H and O–H groups in total. The molecule has 0 fully saturated rings. The quantitative estimate of drug-likeness (QED) is 0.566. The molecule has 1 aromatic carbocycles. The molecule has 5 nitrogen and oxygen atoms in total. The Morgan fingerprint density at radius 3 is 2.93 bits per heavy atom. The number of allylic oxidation sites excluding steroid dienone is 1. The highest BCUT2D eigenvalue weighted by molar-refractivity contribution is 5.73. The van der Waals surface area contributed by atoms with Gasteiger partial charge in [-0.1, -0.05) is 30.4 Å². The third-order valence-corrected chi connectivity index (χ3v) is 4.86. The van der Waals surface area contributed by atoms with Crippen molar-refractivity contribution in [1.82, 2.24) is 19.5 Å². The van der Waals surface area contributed by atoms with E-state index in [2.05, 4.69) is 45.3 Å². The van der Waals surface area contributed by atoms with Crippen molar-refractivity contribution in [1.29, 1.82) is 0 Å². The van der Waals surface area contributed by atoms with E-state index in [-0.39, 0.29) is 5.56 Å². The summed E-state index contributed by atoms with van der Waals surface area (Å²) >= 11 is 0. The van der Waals surface area contributed by atoms with Gasteiger partial charge in [0, 0.05) is 24.4 Å². The van der Waals surface area contributed by atoms with Crippen LogP contribution in [-0.2, 0) is 13.0 Å². The predicted octanol–water partition coefficient (Wildman–Crippen LogP) is 3.47. The minimum absolute atomic E-state index is 0.134. The second-order valence-corrected chi connectivity index (χ2v) is 6.61. The molecule has 5 rings (SSSR count). The summed E-state index contributed by atoms with van der Waals surface area (Å²) in [7, 11) is 0. The van der Waals surface area contributed by atoms with Crippen LogP contribution < -0.4 is 5.56 Å². The fourth-order valence-corrected chi connectivity index (χ4v) is 3.48. The minimum Gasteiger partial charge on any atom is -0.300 e. The Morgan fingerprint density at radius 1 is 1.00 bits per heavy atom. The van der Waals surface area contributed by atoms with Crippen molar-refractivity contribution in [2.24, 2.45) is 0 Å². The summed E-state index contributed by atoms with van der Waals surface area (Å²) in [5.41, 5.74) is 6.88.